The van der Waals surface area contributed by atoms with Crippen LogP contribution in [0.4, 0.5) is 5.82 Å². The van der Waals surface area contributed by atoms with E-state index in [0.717, 1.165) is 16.9 Å². The standard InChI is InChI=1S/C13H11N7/c14-13-17-11-8-4-3-7-16-10(8)19-20(11)12(18-13)9-5-1-2-6-15-9/h1-7,12H,(H3,14,17,18)/t12-/m1/s1. The van der Waals surface area contributed by atoms with E-state index >= 15 is 0 Å². The van der Waals surface area contributed by atoms with Gasteiger partial charge in [-0.25, -0.2) is 14.7 Å². The molecule has 3 N–H and O–H groups in total. The van der Waals surface area contributed by atoms with Gasteiger partial charge in [-0.05, 0) is 24.3 Å². The van der Waals surface area contributed by atoms with E-state index in [2.05, 4.69) is 25.4 Å². The van der Waals surface area contributed by atoms with Crippen LogP contribution in [0.1, 0.15) is 11.9 Å². The maximum atomic E-state index is 5.88. The van der Waals surface area contributed by atoms with Crippen LogP contribution in [-0.4, -0.2) is 25.7 Å². The summed E-state index contributed by atoms with van der Waals surface area (Å²) in [4.78, 5) is 13.0. The molecular weight excluding hydrogens is 254 g/mol. The molecule has 1 aliphatic heterocycles. The highest BCUT2D eigenvalue weighted by Crippen LogP contribution is 2.30. The molecule has 0 aliphatic carbocycles. The summed E-state index contributed by atoms with van der Waals surface area (Å²) in [6, 6.07) is 9.49. The molecule has 1 aliphatic rings. The Morgan fingerprint density at radius 1 is 1.10 bits per heavy atom. The molecule has 0 saturated carbocycles. The van der Waals surface area contributed by atoms with Crippen LogP contribution >= 0.6 is 0 Å². The highest BCUT2D eigenvalue weighted by molar-refractivity contribution is 6.00. The summed E-state index contributed by atoms with van der Waals surface area (Å²) >= 11 is 0. The number of nitrogens with two attached hydrogens (primary N) is 1. The number of fused-ring (bicyclic) bond motifs is 3. The van der Waals surface area contributed by atoms with E-state index in [1.165, 1.54) is 0 Å². The molecule has 3 aromatic heterocycles. The molecule has 7 heteroatoms. The van der Waals surface area contributed by atoms with Gasteiger partial charge in [0.05, 0.1) is 11.1 Å². The number of aliphatic imine (C=N–C) groups is 1. The van der Waals surface area contributed by atoms with Gasteiger partial charge in [0.15, 0.2) is 17.8 Å². The molecule has 3 aromatic rings. The minimum atomic E-state index is -0.373. The SMILES string of the molecule is NC1=N[C@@H](c2ccccn2)n2nc3ncccc3c2N1. The summed E-state index contributed by atoms with van der Waals surface area (Å²) in [6.07, 6.45) is 3.06. The van der Waals surface area contributed by atoms with Gasteiger partial charge in [-0.1, -0.05) is 6.07 Å². The summed E-state index contributed by atoms with van der Waals surface area (Å²) in [5.41, 5.74) is 7.31. The summed E-state index contributed by atoms with van der Waals surface area (Å²) in [5.74, 6) is 1.13. The van der Waals surface area contributed by atoms with Crippen LogP contribution in [0, 0.1) is 0 Å². The summed E-state index contributed by atoms with van der Waals surface area (Å²) in [6.45, 7) is 0. The second-order valence-corrected chi connectivity index (χ2v) is 4.44. The molecule has 7 nitrogen and oxygen atoms in total. The lowest BCUT2D eigenvalue weighted by atomic mass is 10.2. The number of aromatic nitrogens is 4. The lowest BCUT2D eigenvalue weighted by Gasteiger charge is -2.21. The van der Waals surface area contributed by atoms with E-state index in [4.69, 9.17) is 5.73 Å². The molecule has 4 heterocycles. The van der Waals surface area contributed by atoms with Crippen LogP contribution in [0.15, 0.2) is 47.7 Å². The fourth-order valence-corrected chi connectivity index (χ4v) is 2.30. The molecule has 4 rings (SSSR count). The molecule has 0 saturated heterocycles. The Morgan fingerprint density at radius 3 is 2.85 bits per heavy atom. The first-order valence-electron chi connectivity index (χ1n) is 6.17. The van der Waals surface area contributed by atoms with Crippen molar-refractivity contribution < 1.29 is 0 Å². The molecule has 20 heavy (non-hydrogen) atoms. The molecule has 0 radical (unpaired) electrons. The zero-order chi connectivity index (χ0) is 13.5. The van der Waals surface area contributed by atoms with Crippen molar-refractivity contribution in [2.24, 2.45) is 10.7 Å². The van der Waals surface area contributed by atoms with Gasteiger partial charge in [-0.15, -0.1) is 5.10 Å². The molecule has 98 valence electrons. The van der Waals surface area contributed by atoms with Crippen LogP contribution in [0.25, 0.3) is 11.0 Å². The molecule has 0 amide bonds. The van der Waals surface area contributed by atoms with Crippen molar-refractivity contribution in [3.8, 4) is 0 Å². The lowest BCUT2D eigenvalue weighted by molar-refractivity contribution is 0.534. The lowest BCUT2D eigenvalue weighted by Crippen LogP contribution is -2.31. The average Bonchev–Trinajstić information content (AvgIpc) is 2.86. The Hall–Kier alpha value is -2.96. The van der Waals surface area contributed by atoms with Crippen molar-refractivity contribution in [3.63, 3.8) is 0 Å². The first-order valence-corrected chi connectivity index (χ1v) is 6.17. The monoisotopic (exact) mass is 265 g/mol. The van der Waals surface area contributed by atoms with Crippen LogP contribution in [0.2, 0.25) is 0 Å². The van der Waals surface area contributed by atoms with E-state index in [1.54, 1.807) is 17.1 Å². The first kappa shape index (κ1) is 10.9. The van der Waals surface area contributed by atoms with Gasteiger partial charge in [-0.2, -0.15) is 0 Å². The van der Waals surface area contributed by atoms with Crippen molar-refractivity contribution in [1.82, 2.24) is 19.7 Å². The molecule has 0 unspecified atom stereocenters. The highest BCUT2D eigenvalue weighted by Gasteiger charge is 2.25. The van der Waals surface area contributed by atoms with E-state index in [9.17, 15) is 0 Å². The predicted molar refractivity (Wildman–Crippen MR) is 75.1 cm³/mol. The third-order valence-electron chi connectivity index (χ3n) is 3.17. The third kappa shape index (κ3) is 1.53. The summed E-state index contributed by atoms with van der Waals surface area (Å²) < 4.78 is 1.76. The van der Waals surface area contributed by atoms with Gasteiger partial charge in [0.2, 0.25) is 0 Å². The summed E-state index contributed by atoms with van der Waals surface area (Å²) in [7, 11) is 0. The van der Waals surface area contributed by atoms with E-state index in [0.29, 0.717) is 11.6 Å². The molecule has 0 fully saturated rings. The van der Waals surface area contributed by atoms with E-state index in [-0.39, 0.29) is 6.17 Å². The zero-order valence-electron chi connectivity index (χ0n) is 10.4. The fraction of sp³-hybridized carbons (Fsp3) is 0.0769. The molecule has 0 aromatic carbocycles. The fourth-order valence-electron chi connectivity index (χ4n) is 2.30. The minimum Gasteiger partial charge on any atom is -0.370 e. The van der Waals surface area contributed by atoms with Crippen LogP contribution in [-0.2, 0) is 0 Å². The van der Waals surface area contributed by atoms with E-state index < -0.39 is 0 Å². The summed E-state index contributed by atoms with van der Waals surface area (Å²) in [5, 5.41) is 8.44. The number of nitrogens with one attached hydrogen (secondary N) is 1. The maximum Gasteiger partial charge on any atom is 0.196 e. The Kier molecular flexibility index (Phi) is 2.19. The number of pyridine rings is 2. The first-order chi connectivity index (χ1) is 9.83. The van der Waals surface area contributed by atoms with Crippen LogP contribution in [0.3, 0.4) is 0 Å². The number of rotatable bonds is 1. The molecule has 0 bridgehead atoms. The molecule has 0 spiro atoms. The second kappa shape index (κ2) is 4.02. The third-order valence-corrected chi connectivity index (χ3v) is 3.17. The highest BCUT2D eigenvalue weighted by atomic mass is 15.4. The topological polar surface area (TPSA) is 94.0 Å². The van der Waals surface area contributed by atoms with Crippen LogP contribution < -0.4 is 11.1 Å². The van der Waals surface area contributed by atoms with Crippen LogP contribution in [0.5, 0.6) is 0 Å². The number of hydrogen-bond acceptors (Lipinski definition) is 6. The Bertz CT molecular complexity index is 806. The average molecular weight is 265 g/mol. The molecule has 1 atom stereocenters. The van der Waals surface area contributed by atoms with Crippen molar-refractivity contribution in [2.75, 3.05) is 5.32 Å². The Morgan fingerprint density at radius 2 is 2.00 bits per heavy atom. The Labute approximate surface area is 114 Å². The molecular formula is C13H11N7. The van der Waals surface area contributed by atoms with Crippen molar-refractivity contribution in [1.29, 1.82) is 0 Å². The van der Waals surface area contributed by atoms with Gasteiger partial charge < -0.3 is 11.1 Å². The Balaban J connectivity index is 1.96. The quantitative estimate of drug-likeness (QED) is 0.687. The van der Waals surface area contributed by atoms with Gasteiger partial charge in [0, 0.05) is 12.4 Å². The number of hydrogen-bond donors (Lipinski definition) is 2. The second-order valence-electron chi connectivity index (χ2n) is 4.44. The zero-order valence-corrected chi connectivity index (χ0v) is 10.4. The number of nitrogens with zero attached hydrogens (tertiary/aromatic N) is 5. The van der Waals surface area contributed by atoms with Gasteiger partial charge in [-0.3, -0.25) is 4.98 Å². The number of anilines is 1. The van der Waals surface area contributed by atoms with Gasteiger partial charge in [0.25, 0.3) is 0 Å². The normalized spacial score (nSPS) is 17.4. The van der Waals surface area contributed by atoms with Crippen molar-refractivity contribution >= 4 is 22.8 Å². The number of guanidine groups is 1. The van der Waals surface area contributed by atoms with E-state index in [1.807, 2.05) is 30.3 Å². The maximum absolute atomic E-state index is 5.88. The smallest absolute Gasteiger partial charge is 0.196 e. The van der Waals surface area contributed by atoms with Gasteiger partial charge >= 0.3 is 0 Å². The predicted octanol–water partition coefficient (Wildman–Crippen LogP) is 1.11. The van der Waals surface area contributed by atoms with Crippen molar-refractivity contribution in [3.05, 3.63) is 48.4 Å². The van der Waals surface area contributed by atoms with Gasteiger partial charge in [0.1, 0.15) is 5.82 Å². The largest absolute Gasteiger partial charge is 0.370 e. The minimum absolute atomic E-state index is 0.346. The van der Waals surface area contributed by atoms with Crippen molar-refractivity contribution in [2.45, 2.75) is 6.17 Å².